The van der Waals surface area contributed by atoms with Crippen LogP contribution in [0.1, 0.15) is 12.8 Å². The van der Waals surface area contributed by atoms with E-state index in [1.807, 2.05) is 0 Å². The quantitative estimate of drug-likeness (QED) is 0.446. The third-order valence-corrected chi connectivity index (χ3v) is 2.38. The van der Waals surface area contributed by atoms with Crippen LogP contribution in [0.3, 0.4) is 0 Å². The summed E-state index contributed by atoms with van der Waals surface area (Å²) in [5.41, 5.74) is 7.52. The highest BCUT2D eigenvalue weighted by molar-refractivity contribution is 5.30. The van der Waals surface area contributed by atoms with Gasteiger partial charge in [0.15, 0.2) is 0 Å². The Morgan fingerprint density at radius 1 is 1.67 bits per heavy atom. The van der Waals surface area contributed by atoms with E-state index in [-0.39, 0.29) is 5.54 Å². The first-order valence-electron chi connectivity index (χ1n) is 3.50. The molecule has 2 aliphatic rings. The van der Waals surface area contributed by atoms with Gasteiger partial charge in [-0.15, -0.1) is 0 Å². The Morgan fingerprint density at radius 3 is 3.33 bits per heavy atom. The Bertz CT molecular complexity index is 162. The summed E-state index contributed by atoms with van der Waals surface area (Å²) in [4.78, 5) is 0. The predicted molar refractivity (Wildman–Crippen MR) is 37.1 cm³/mol. The van der Waals surface area contributed by atoms with Crippen LogP contribution in [0, 0.1) is 0 Å². The van der Waals surface area contributed by atoms with E-state index in [9.17, 15) is 0 Å². The van der Waals surface area contributed by atoms with Crippen molar-refractivity contribution in [2.45, 2.75) is 18.4 Å². The maximum Gasteiger partial charge on any atom is 0.0510 e. The molecule has 1 heterocycles. The molecule has 0 spiro atoms. The summed E-state index contributed by atoms with van der Waals surface area (Å²) in [6.07, 6.45) is 4.61. The summed E-state index contributed by atoms with van der Waals surface area (Å²) in [7, 11) is 0. The van der Waals surface area contributed by atoms with Crippen LogP contribution in [0.2, 0.25) is 0 Å². The van der Waals surface area contributed by atoms with Gasteiger partial charge in [0.25, 0.3) is 0 Å². The van der Waals surface area contributed by atoms with Gasteiger partial charge in [-0.05, 0) is 18.4 Å². The maximum absolute atomic E-state index is 6.03. The second kappa shape index (κ2) is 1.58. The van der Waals surface area contributed by atoms with Crippen molar-refractivity contribution in [2.24, 2.45) is 5.73 Å². The van der Waals surface area contributed by atoms with E-state index in [1.54, 1.807) is 0 Å². The molecule has 3 N–H and O–H groups in total. The summed E-state index contributed by atoms with van der Waals surface area (Å²) in [6.45, 7) is 2.01. The summed E-state index contributed by atoms with van der Waals surface area (Å²) in [5, 5.41) is 3.27. The first-order chi connectivity index (χ1) is 4.31. The third-order valence-electron chi connectivity index (χ3n) is 2.38. The van der Waals surface area contributed by atoms with Gasteiger partial charge in [-0.25, -0.2) is 0 Å². The molecule has 0 unspecified atom stereocenters. The molecule has 0 aromatic heterocycles. The zero-order valence-corrected chi connectivity index (χ0v) is 5.48. The third kappa shape index (κ3) is 0.635. The van der Waals surface area contributed by atoms with E-state index in [1.165, 1.54) is 12.0 Å². The van der Waals surface area contributed by atoms with Crippen LogP contribution < -0.4 is 11.1 Å². The van der Waals surface area contributed by atoms with Crippen molar-refractivity contribution >= 4 is 0 Å². The number of hydrogen-bond acceptors (Lipinski definition) is 2. The highest BCUT2D eigenvalue weighted by Gasteiger charge is 2.36. The van der Waals surface area contributed by atoms with Gasteiger partial charge in [0.1, 0.15) is 0 Å². The fourth-order valence-corrected chi connectivity index (χ4v) is 1.74. The fraction of sp³-hybridized carbons (Fsp3) is 0.714. The van der Waals surface area contributed by atoms with E-state index in [0.717, 1.165) is 19.5 Å². The SMILES string of the molecule is N[C@@]12CCC=C1CNC2. The second-order valence-electron chi connectivity index (χ2n) is 3.03. The van der Waals surface area contributed by atoms with Gasteiger partial charge in [0.05, 0.1) is 5.54 Å². The molecule has 9 heavy (non-hydrogen) atoms. The molecule has 1 fully saturated rings. The van der Waals surface area contributed by atoms with Crippen LogP contribution in [0.25, 0.3) is 0 Å². The Labute approximate surface area is 55.1 Å². The monoisotopic (exact) mass is 124 g/mol. The molecule has 1 aliphatic carbocycles. The van der Waals surface area contributed by atoms with Gasteiger partial charge in [0.2, 0.25) is 0 Å². The van der Waals surface area contributed by atoms with E-state index in [2.05, 4.69) is 11.4 Å². The fourth-order valence-electron chi connectivity index (χ4n) is 1.74. The number of nitrogens with two attached hydrogens (primary N) is 1. The van der Waals surface area contributed by atoms with E-state index in [4.69, 9.17) is 5.73 Å². The molecule has 50 valence electrons. The standard InChI is InChI=1S/C7H12N2/c8-7-3-1-2-6(7)4-9-5-7/h2,9H,1,3-5,8H2/t7-/m1/s1. The number of allylic oxidation sites excluding steroid dienone is 1. The molecule has 0 aromatic rings. The van der Waals surface area contributed by atoms with Crippen molar-refractivity contribution in [3.8, 4) is 0 Å². The predicted octanol–water partition coefficient (Wildman–Crippen LogP) is 0.00730. The molecule has 0 aromatic carbocycles. The molecule has 2 nitrogen and oxygen atoms in total. The van der Waals surface area contributed by atoms with Gasteiger partial charge < -0.3 is 11.1 Å². The Hall–Kier alpha value is -0.340. The topological polar surface area (TPSA) is 38.0 Å². The summed E-state index contributed by atoms with van der Waals surface area (Å²) >= 11 is 0. The lowest BCUT2D eigenvalue weighted by molar-refractivity contribution is 0.523. The Kier molecular flexibility index (Phi) is 0.957. The lowest BCUT2D eigenvalue weighted by Crippen LogP contribution is -2.40. The molecule has 0 bridgehead atoms. The van der Waals surface area contributed by atoms with Crippen molar-refractivity contribution in [1.82, 2.24) is 5.32 Å². The smallest absolute Gasteiger partial charge is 0.0510 e. The average molecular weight is 124 g/mol. The Morgan fingerprint density at radius 2 is 2.56 bits per heavy atom. The number of fused-ring (bicyclic) bond motifs is 1. The molecule has 0 saturated carbocycles. The van der Waals surface area contributed by atoms with E-state index in [0.29, 0.717) is 0 Å². The lowest BCUT2D eigenvalue weighted by Gasteiger charge is -2.18. The normalized spacial score (nSPS) is 40.8. The zero-order chi connectivity index (χ0) is 6.32. The number of nitrogens with one attached hydrogen (secondary N) is 1. The van der Waals surface area contributed by atoms with Crippen LogP contribution >= 0.6 is 0 Å². The summed E-state index contributed by atoms with van der Waals surface area (Å²) < 4.78 is 0. The second-order valence-corrected chi connectivity index (χ2v) is 3.03. The highest BCUT2D eigenvalue weighted by atomic mass is 15.0. The maximum atomic E-state index is 6.03. The van der Waals surface area contributed by atoms with Crippen molar-refractivity contribution in [1.29, 1.82) is 0 Å². The Balaban J connectivity index is 2.31. The molecule has 2 rings (SSSR count). The first-order valence-corrected chi connectivity index (χ1v) is 3.50. The minimum atomic E-state index is 0.0556. The minimum absolute atomic E-state index is 0.0556. The van der Waals surface area contributed by atoms with Crippen LogP contribution in [-0.4, -0.2) is 18.6 Å². The number of rotatable bonds is 0. The molecular formula is C7H12N2. The van der Waals surface area contributed by atoms with Crippen LogP contribution in [-0.2, 0) is 0 Å². The first kappa shape index (κ1) is 5.45. The lowest BCUT2D eigenvalue weighted by atomic mass is 9.97. The summed E-state index contributed by atoms with van der Waals surface area (Å²) in [5.74, 6) is 0. The van der Waals surface area contributed by atoms with Gasteiger partial charge in [-0.1, -0.05) is 6.08 Å². The molecule has 1 aliphatic heterocycles. The largest absolute Gasteiger partial charge is 0.321 e. The van der Waals surface area contributed by atoms with Gasteiger partial charge in [-0.2, -0.15) is 0 Å². The molecule has 0 amide bonds. The summed E-state index contributed by atoms with van der Waals surface area (Å²) in [6, 6.07) is 0. The molecule has 1 saturated heterocycles. The van der Waals surface area contributed by atoms with Crippen molar-refractivity contribution in [3.05, 3.63) is 11.6 Å². The highest BCUT2D eigenvalue weighted by Crippen LogP contribution is 2.30. The number of hydrogen-bond donors (Lipinski definition) is 2. The van der Waals surface area contributed by atoms with Gasteiger partial charge in [-0.3, -0.25) is 0 Å². The van der Waals surface area contributed by atoms with E-state index < -0.39 is 0 Å². The zero-order valence-electron chi connectivity index (χ0n) is 5.48. The molecule has 1 atom stereocenters. The van der Waals surface area contributed by atoms with E-state index >= 15 is 0 Å². The van der Waals surface area contributed by atoms with Gasteiger partial charge >= 0.3 is 0 Å². The van der Waals surface area contributed by atoms with Crippen LogP contribution in [0.5, 0.6) is 0 Å². The van der Waals surface area contributed by atoms with Gasteiger partial charge in [0, 0.05) is 13.1 Å². The molecular weight excluding hydrogens is 112 g/mol. The molecule has 0 radical (unpaired) electrons. The van der Waals surface area contributed by atoms with Crippen molar-refractivity contribution < 1.29 is 0 Å². The minimum Gasteiger partial charge on any atom is -0.321 e. The van der Waals surface area contributed by atoms with Crippen molar-refractivity contribution in [3.63, 3.8) is 0 Å². The van der Waals surface area contributed by atoms with Crippen LogP contribution in [0.15, 0.2) is 11.6 Å². The molecule has 2 heteroatoms. The average Bonchev–Trinajstić information content (AvgIpc) is 2.22. The van der Waals surface area contributed by atoms with Crippen LogP contribution in [0.4, 0.5) is 0 Å². The van der Waals surface area contributed by atoms with Crippen molar-refractivity contribution in [2.75, 3.05) is 13.1 Å².